The van der Waals surface area contributed by atoms with Crippen molar-refractivity contribution in [1.29, 1.82) is 0 Å². The lowest BCUT2D eigenvalue weighted by atomic mass is 9.93. The Balaban J connectivity index is 1.21. The van der Waals surface area contributed by atoms with Gasteiger partial charge < -0.3 is 9.80 Å². The summed E-state index contributed by atoms with van der Waals surface area (Å²) in [5.74, 6) is 2.85. The molecule has 4 fully saturated rings. The van der Waals surface area contributed by atoms with Gasteiger partial charge in [-0.25, -0.2) is 0 Å². The van der Waals surface area contributed by atoms with Crippen molar-refractivity contribution in [3.05, 3.63) is 0 Å². The second-order valence-electron chi connectivity index (χ2n) is 10.6. The molecule has 2 aliphatic heterocycles. The average molecular weight is 348 g/mol. The largest absolute Gasteiger partial charge is 0.300 e. The van der Waals surface area contributed by atoms with Crippen LogP contribution in [0, 0.1) is 23.2 Å². The van der Waals surface area contributed by atoms with Crippen LogP contribution in [0.15, 0.2) is 0 Å². The molecule has 2 saturated heterocycles. The zero-order valence-corrected chi connectivity index (χ0v) is 17.2. The minimum atomic E-state index is 0.709. The molecule has 2 aliphatic carbocycles. The molecule has 0 aromatic heterocycles. The Morgan fingerprint density at radius 3 is 1.96 bits per heavy atom. The quantitative estimate of drug-likeness (QED) is 0.727. The highest BCUT2D eigenvalue weighted by Gasteiger charge is 2.46. The van der Waals surface area contributed by atoms with Crippen molar-refractivity contribution in [3.8, 4) is 0 Å². The molecule has 4 aliphatic rings. The molecular weight excluding hydrogens is 306 g/mol. The molecule has 0 N–H and O–H groups in total. The fourth-order valence-electron chi connectivity index (χ4n) is 6.25. The minimum absolute atomic E-state index is 0.709. The summed E-state index contributed by atoms with van der Waals surface area (Å²) in [4.78, 5) is 8.37. The van der Waals surface area contributed by atoms with Crippen molar-refractivity contribution in [2.24, 2.45) is 23.2 Å². The van der Waals surface area contributed by atoms with E-state index in [9.17, 15) is 0 Å². The third-order valence-corrected chi connectivity index (χ3v) is 7.77. The standard InChI is InChI=1S/C22H41N3/c1-17(2)13-22(5-6-22)16-23-7-9-24(10-8-23)21-11-19-14-25(18(3)4)15-20(19)12-21/h17-21H,5-16H2,1-4H3/t19-,20+,21?. The average Bonchev–Trinajstić information content (AvgIpc) is 3.00. The highest BCUT2D eigenvalue weighted by Crippen LogP contribution is 2.51. The first-order chi connectivity index (χ1) is 11.9. The Kier molecular flexibility index (Phi) is 5.20. The van der Waals surface area contributed by atoms with E-state index in [1.165, 1.54) is 77.9 Å². The summed E-state index contributed by atoms with van der Waals surface area (Å²) in [6, 6.07) is 1.64. The van der Waals surface area contributed by atoms with Crippen LogP contribution in [0.2, 0.25) is 0 Å². The molecule has 4 rings (SSSR count). The van der Waals surface area contributed by atoms with E-state index in [1.807, 2.05) is 0 Å². The van der Waals surface area contributed by atoms with Crippen LogP contribution >= 0.6 is 0 Å². The van der Waals surface area contributed by atoms with E-state index in [0.29, 0.717) is 5.41 Å². The molecule has 2 saturated carbocycles. The van der Waals surface area contributed by atoms with Crippen LogP contribution in [0.3, 0.4) is 0 Å². The predicted octanol–water partition coefficient (Wildman–Crippen LogP) is 3.55. The maximum absolute atomic E-state index is 2.86. The second kappa shape index (κ2) is 7.13. The molecule has 144 valence electrons. The van der Waals surface area contributed by atoms with Crippen molar-refractivity contribution in [3.63, 3.8) is 0 Å². The van der Waals surface area contributed by atoms with Gasteiger partial charge in [-0.1, -0.05) is 13.8 Å². The van der Waals surface area contributed by atoms with Gasteiger partial charge in [0.05, 0.1) is 0 Å². The van der Waals surface area contributed by atoms with Gasteiger partial charge in [0.2, 0.25) is 0 Å². The van der Waals surface area contributed by atoms with Crippen molar-refractivity contribution in [2.75, 3.05) is 45.8 Å². The van der Waals surface area contributed by atoms with E-state index in [-0.39, 0.29) is 0 Å². The molecule has 25 heavy (non-hydrogen) atoms. The van der Waals surface area contributed by atoms with Crippen LogP contribution in [-0.2, 0) is 0 Å². The maximum atomic E-state index is 2.86. The number of piperazine rings is 1. The van der Waals surface area contributed by atoms with E-state index < -0.39 is 0 Å². The van der Waals surface area contributed by atoms with Crippen LogP contribution in [0.1, 0.15) is 59.8 Å². The van der Waals surface area contributed by atoms with Crippen LogP contribution in [0.5, 0.6) is 0 Å². The molecule has 3 nitrogen and oxygen atoms in total. The lowest BCUT2D eigenvalue weighted by molar-refractivity contribution is 0.0762. The third kappa shape index (κ3) is 4.09. The van der Waals surface area contributed by atoms with Crippen molar-refractivity contribution in [1.82, 2.24) is 14.7 Å². The Labute approximate surface area is 156 Å². The van der Waals surface area contributed by atoms with Gasteiger partial charge in [0.15, 0.2) is 0 Å². The van der Waals surface area contributed by atoms with Crippen LogP contribution < -0.4 is 0 Å². The van der Waals surface area contributed by atoms with Crippen LogP contribution in [-0.4, -0.2) is 72.6 Å². The summed E-state index contributed by atoms with van der Waals surface area (Å²) in [6.07, 6.45) is 7.38. The maximum Gasteiger partial charge on any atom is 0.0113 e. The van der Waals surface area contributed by atoms with Crippen molar-refractivity contribution in [2.45, 2.75) is 71.9 Å². The monoisotopic (exact) mass is 347 g/mol. The van der Waals surface area contributed by atoms with Gasteiger partial charge >= 0.3 is 0 Å². The van der Waals surface area contributed by atoms with Gasteiger partial charge in [0, 0.05) is 57.9 Å². The molecule has 3 heteroatoms. The number of hydrogen-bond acceptors (Lipinski definition) is 3. The van der Waals surface area contributed by atoms with E-state index in [0.717, 1.165) is 29.8 Å². The summed E-state index contributed by atoms with van der Waals surface area (Å²) in [5, 5.41) is 0. The first kappa shape index (κ1) is 18.3. The summed E-state index contributed by atoms with van der Waals surface area (Å²) >= 11 is 0. The zero-order chi connectivity index (χ0) is 17.6. The predicted molar refractivity (Wildman–Crippen MR) is 106 cm³/mol. The van der Waals surface area contributed by atoms with Gasteiger partial charge in [-0.15, -0.1) is 0 Å². The molecule has 0 amide bonds. The van der Waals surface area contributed by atoms with Gasteiger partial charge in [0.1, 0.15) is 0 Å². The molecule has 0 radical (unpaired) electrons. The van der Waals surface area contributed by atoms with E-state index in [1.54, 1.807) is 0 Å². The summed E-state index contributed by atoms with van der Waals surface area (Å²) in [7, 11) is 0. The molecule has 0 bridgehead atoms. The van der Waals surface area contributed by atoms with Crippen molar-refractivity contribution < 1.29 is 0 Å². The highest BCUT2D eigenvalue weighted by molar-refractivity contribution is 4.99. The minimum Gasteiger partial charge on any atom is -0.300 e. The molecule has 0 aromatic carbocycles. The molecule has 3 atom stereocenters. The van der Waals surface area contributed by atoms with E-state index >= 15 is 0 Å². The van der Waals surface area contributed by atoms with E-state index in [4.69, 9.17) is 0 Å². The molecule has 0 aromatic rings. The fraction of sp³-hybridized carbons (Fsp3) is 1.00. The molecular formula is C22H41N3. The fourth-order valence-corrected chi connectivity index (χ4v) is 6.25. The lowest BCUT2D eigenvalue weighted by Gasteiger charge is -2.40. The second-order valence-corrected chi connectivity index (χ2v) is 10.6. The zero-order valence-electron chi connectivity index (χ0n) is 17.2. The number of nitrogens with zero attached hydrogens (tertiary/aromatic N) is 3. The summed E-state index contributed by atoms with van der Waals surface area (Å²) in [6.45, 7) is 19.0. The Hall–Kier alpha value is -0.120. The summed E-state index contributed by atoms with van der Waals surface area (Å²) < 4.78 is 0. The van der Waals surface area contributed by atoms with Crippen molar-refractivity contribution >= 4 is 0 Å². The number of fused-ring (bicyclic) bond motifs is 1. The van der Waals surface area contributed by atoms with Gasteiger partial charge in [0.25, 0.3) is 0 Å². The van der Waals surface area contributed by atoms with Crippen LogP contribution in [0.25, 0.3) is 0 Å². The van der Waals surface area contributed by atoms with Gasteiger partial charge in [-0.2, -0.15) is 0 Å². The molecule has 2 heterocycles. The Morgan fingerprint density at radius 1 is 0.880 bits per heavy atom. The first-order valence-corrected chi connectivity index (χ1v) is 11.1. The number of hydrogen-bond donors (Lipinski definition) is 0. The lowest BCUT2D eigenvalue weighted by Crippen LogP contribution is -2.51. The number of rotatable bonds is 6. The number of likely N-dealkylation sites (tertiary alicyclic amines) is 1. The topological polar surface area (TPSA) is 9.72 Å². The Bertz CT molecular complexity index is 434. The third-order valence-electron chi connectivity index (χ3n) is 7.77. The SMILES string of the molecule is CC(C)CC1(CN2CCN(C3C[C@@H]4CN(C(C)C)C[C@@H]4C3)CC2)CC1. The van der Waals surface area contributed by atoms with E-state index in [2.05, 4.69) is 42.4 Å². The normalized spacial score (nSPS) is 36.5. The molecule has 0 spiro atoms. The van der Waals surface area contributed by atoms with Gasteiger partial charge in [-0.05, 0) is 69.1 Å². The summed E-state index contributed by atoms with van der Waals surface area (Å²) in [5.41, 5.74) is 0.709. The van der Waals surface area contributed by atoms with Crippen LogP contribution in [0.4, 0.5) is 0 Å². The Morgan fingerprint density at radius 2 is 1.48 bits per heavy atom. The first-order valence-electron chi connectivity index (χ1n) is 11.1. The molecule has 1 unspecified atom stereocenters. The van der Waals surface area contributed by atoms with Gasteiger partial charge in [-0.3, -0.25) is 4.90 Å². The highest BCUT2D eigenvalue weighted by atomic mass is 15.3. The smallest absolute Gasteiger partial charge is 0.0113 e.